The Balaban J connectivity index is 2.01. The fourth-order valence-electron chi connectivity index (χ4n) is 2.43. The number of methoxy groups -OCH3 is 1. The first-order chi connectivity index (χ1) is 10.2. The number of fused-ring (bicyclic) bond motifs is 1. The van der Waals surface area contributed by atoms with Gasteiger partial charge in [0.1, 0.15) is 0 Å². The minimum absolute atomic E-state index is 0.0749. The molecule has 22 heavy (non-hydrogen) atoms. The number of rotatable bonds is 2. The molecule has 2 heterocycles. The van der Waals surface area contributed by atoms with Crippen LogP contribution in [0.3, 0.4) is 0 Å². The van der Waals surface area contributed by atoms with Gasteiger partial charge in [0.2, 0.25) is 0 Å². The van der Waals surface area contributed by atoms with E-state index in [9.17, 15) is 5.11 Å². The second-order valence-electron chi connectivity index (χ2n) is 6.57. The van der Waals surface area contributed by atoms with Crippen molar-refractivity contribution in [1.82, 2.24) is 4.98 Å². The van der Waals surface area contributed by atoms with Gasteiger partial charge in [-0.2, -0.15) is 0 Å². The average Bonchev–Trinajstić information content (AvgIpc) is 2.66. The third-order valence-electron chi connectivity index (χ3n) is 4.53. The summed E-state index contributed by atoms with van der Waals surface area (Å²) in [6.07, 6.45) is 1.72. The van der Waals surface area contributed by atoms with Gasteiger partial charge in [0.15, 0.2) is 11.5 Å². The molecular formula is C16H20BNO4. The van der Waals surface area contributed by atoms with Crippen LogP contribution in [0.25, 0.3) is 10.9 Å². The van der Waals surface area contributed by atoms with Crippen molar-refractivity contribution in [2.75, 3.05) is 7.11 Å². The highest BCUT2D eigenvalue weighted by atomic mass is 16.7. The molecule has 2 aromatic rings. The average molecular weight is 301 g/mol. The summed E-state index contributed by atoms with van der Waals surface area (Å²) in [5.74, 6) is 0.492. The van der Waals surface area contributed by atoms with E-state index < -0.39 is 7.12 Å². The predicted molar refractivity (Wildman–Crippen MR) is 85.7 cm³/mol. The van der Waals surface area contributed by atoms with Gasteiger partial charge in [0.25, 0.3) is 0 Å². The Morgan fingerprint density at radius 1 is 1.09 bits per heavy atom. The van der Waals surface area contributed by atoms with Crippen LogP contribution in [-0.2, 0) is 9.31 Å². The van der Waals surface area contributed by atoms with Crippen LogP contribution >= 0.6 is 0 Å². The van der Waals surface area contributed by atoms with Crippen LogP contribution in [0, 0.1) is 0 Å². The second-order valence-corrected chi connectivity index (χ2v) is 6.57. The first-order valence-corrected chi connectivity index (χ1v) is 7.26. The van der Waals surface area contributed by atoms with Crippen molar-refractivity contribution in [2.45, 2.75) is 38.9 Å². The van der Waals surface area contributed by atoms with Gasteiger partial charge < -0.3 is 19.2 Å². The fourth-order valence-corrected chi connectivity index (χ4v) is 2.43. The van der Waals surface area contributed by atoms with Gasteiger partial charge in [-0.3, -0.25) is 4.98 Å². The molecule has 0 bridgehead atoms. The molecule has 3 rings (SSSR count). The summed E-state index contributed by atoms with van der Waals surface area (Å²) in [4.78, 5) is 4.38. The lowest BCUT2D eigenvalue weighted by atomic mass is 9.80. The number of pyridine rings is 1. The Hall–Kier alpha value is -1.79. The second kappa shape index (κ2) is 4.86. The van der Waals surface area contributed by atoms with Crippen molar-refractivity contribution in [3.8, 4) is 11.5 Å². The highest BCUT2D eigenvalue weighted by Gasteiger charge is 2.51. The number of nitrogens with zero attached hydrogens (tertiary/aromatic N) is 1. The molecule has 0 atom stereocenters. The number of aromatic hydroxyl groups is 1. The molecule has 116 valence electrons. The predicted octanol–water partition coefficient (Wildman–Crippen LogP) is 2.25. The van der Waals surface area contributed by atoms with Gasteiger partial charge in [0, 0.05) is 23.1 Å². The largest absolute Gasteiger partial charge is 0.504 e. The van der Waals surface area contributed by atoms with E-state index in [-0.39, 0.29) is 17.0 Å². The van der Waals surface area contributed by atoms with E-state index in [1.54, 1.807) is 18.3 Å². The SMILES string of the molecule is COc1cc2cc(B3OC(C)(C)C(C)(C)O3)cnc2cc1O. The summed E-state index contributed by atoms with van der Waals surface area (Å²) in [6.45, 7) is 8.07. The van der Waals surface area contributed by atoms with E-state index in [2.05, 4.69) is 4.98 Å². The molecule has 1 aliphatic heterocycles. The Bertz CT molecular complexity index is 713. The zero-order valence-corrected chi connectivity index (χ0v) is 13.5. The van der Waals surface area contributed by atoms with Gasteiger partial charge in [-0.1, -0.05) is 6.07 Å². The number of hydrogen-bond donors (Lipinski definition) is 1. The van der Waals surface area contributed by atoms with Crippen molar-refractivity contribution in [3.63, 3.8) is 0 Å². The Labute approximate surface area is 130 Å². The third kappa shape index (κ3) is 2.32. The van der Waals surface area contributed by atoms with Crippen molar-refractivity contribution in [2.24, 2.45) is 0 Å². The monoisotopic (exact) mass is 301 g/mol. The molecule has 1 saturated heterocycles. The first kappa shape index (κ1) is 15.1. The third-order valence-corrected chi connectivity index (χ3v) is 4.53. The zero-order valence-electron chi connectivity index (χ0n) is 13.5. The molecular weight excluding hydrogens is 281 g/mol. The maximum atomic E-state index is 9.81. The van der Waals surface area contributed by atoms with E-state index >= 15 is 0 Å². The van der Waals surface area contributed by atoms with Crippen LogP contribution in [0.5, 0.6) is 11.5 Å². The first-order valence-electron chi connectivity index (χ1n) is 7.26. The fraction of sp³-hybridized carbons (Fsp3) is 0.438. The number of phenolic OH excluding ortho intramolecular Hbond substituents is 1. The van der Waals surface area contributed by atoms with Crippen LogP contribution in [0.1, 0.15) is 27.7 Å². The molecule has 6 heteroatoms. The van der Waals surface area contributed by atoms with Crippen molar-refractivity contribution >= 4 is 23.5 Å². The highest BCUT2D eigenvalue weighted by molar-refractivity contribution is 6.62. The zero-order chi connectivity index (χ0) is 16.1. The number of phenols is 1. The Morgan fingerprint density at radius 3 is 2.32 bits per heavy atom. The van der Waals surface area contributed by atoms with Crippen LogP contribution in [0.15, 0.2) is 24.4 Å². The van der Waals surface area contributed by atoms with E-state index in [0.29, 0.717) is 11.3 Å². The molecule has 1 aliphatic rings. The molecule has 1 aromatic heterocycles. The Kier molecular flexibility index (Phi) is 3.34. The van der Waals surface area contributed by atoms with E-state index in [1.165, 1.54) is 7.11 Å². The molecule has 0 radical (unpaired) electrons. The minimum atomic E-state index is -0.457. The Morgan fingerprint density at radius 2 is 1.73 bits per heavy atom. The molecule has 5 nitrogen and oxygen atoms in total. The summed E-state index contributed by atoms with van der Waals surface area (Å²) in [7, 11) is 1.06. The molecule has 1 aromatic carbocycles. The summed E-state index contributed by atoms with van der Waals surface area (Å²) in [6, 6.07) is 5.29. The molecule has 0 spiro atoms. The topological polar surface area (TPSA) is 60.8 Å². The quantitative estimate of drug-likeness (QED) is 0.862. The van der Waals surface area contributed by atoms with Gasteiger partial charge in [-0.15, -0.1) is 0 Å². The summed E-state index contributed by atoms with van der Waals surface area (Å²) in [5, 5.41) is 10.7. The van der Waals surface area contributed by atoms with Crippen molar-refractivity contribution in [1.29, 1.82) is 0 Å². The standard InChI is InChI=1S/C16H20BNO4/c1-15(2)16(3,4)22-17(21-15)11-6-10-7-14(20-5)13(19)8-12(10)18-9-11/h6-9,19H,1-5H3. The molecule has 1 N–H and O–H groups in total. The van der Waals surface area contributed by atoms with E-state index in [0.717, 1.165) is 10.8 Å². The lowest BCUT2D eigenvalue weighted by Crippen LogP contribution is -2.41. The van der Waals surface area contributed by atoms with E-state index in [1.807, 2.05) is 33.8 Å². The van der Waals surface area contributed by atoms with Crippen LogP contribution in [-0.4, -0.2) is 35.5 Å². The normalized spacial score (nSPS) is 19.6. The molecule has 1 fully saturated rings. The summed E-state index contributed by atoms with van der Waals surface area (Å²) >= 11 is 0. The molecule has 0 unspecified atom stereocenters. The smallest absolute Gasteiger partial charge is 0.496 e. The van der Waals surface area contributed by atoms with Crippen molar-refractivity contribution in [3.05, 3.63) is 24.4 Å². The molecule has 0 saturated carbocycles. The number of hydrogen-bond acceptors (Lipinski definition) is 5. The number of aromatic nitrogens is 1. The van der Waals surface area contributed by atoms with Crippen molar-refractivity contribution < 1.29 is 19.2 Å². The molecule has 0 amide bonds. The lowest BCUT2D eigenvalue weighted by Gasteiger charge is -2.32. The van der Waals surface area contributed by atoms with Gasteiger partial charge in [-0.05, 0) is 33.8 Å². The van der Waals surface area contributed by atoms with Crippen LogP contribution < -0.4 is 10.2 Å². The van der Waals surface area contributed by atoms with Gasteiger partial charge in [-0.25, -0.2) is 0 Å². The molecule has 0 aliphatic carbocycles. The van der Waals surface area contributed by atoms with Crippen LogP contribution in [0.2, 0.25) is 0 Å². The summed E-state index contributed by atoms with van der Waals surface area (Å²) < 4.78 is 17.2. The van der Waals surface area contributed by atoms with Gasteiger partial charge in [0.05, 0.1) is 23.8 Å². The van der Waals surface area contributed by atoms with Crippen LogP contribution in [0.4, 0.5) is 0 Å². The summed E-state index contributed by atoms with van der Waals surface area (Å²) in [5.41, 5.74) is 0.760. The highest BCUT2D eigenvalue weighted by Crippen LogP contribution is 2.37. The number of benzene rings is 1. The maximum absolute atomic E-state index is 9.81. The van der Waals surface area contributed by atoms with Gasteiger partial charge >= 0.3 is 7.12 Å². The lowest BCUT2D eigenvalue weighted by molar-refractivity contribution is 0.00578. The number of ether oxygens (including phenoxy) is 1. The van der Waals surface area contributed by atoms with E-state index in [4.69, 9.17) is 14.0 Å². The minimum Gasteiger partial charge on any atom is -0.504 e. The maximum Gasteiger partial charge on any atom is 0.496 e.